The van der Waals surface area contributed by atoms with Gasteiger partial charge in [0.1, 0.15) is 0 Å². The highest BCUT2D eigenvalue weighted by atomic mass is 16.8. The molecule has 0 spiro atoms. The molecule has 0 aliphatic carbocycles. The minimum Gasteiger partial charge on any atom is -0.479 e. The summed E-state index contributed by atoms with van der Waals surface area (Å²) < 4.78 is 12.1. The van der Waals surface area contributed by atoms with Crippen molar-refractivity contribution in [2.45, 2.75) is 123 Å². The van der Waals surface area contributed by atoms with E-state index in [1.54, 1.807) is 6.92 Å². The van der Waals surface area contributed by atoms with Crippen LogP contribution in [-0.4, -0.2) is 39.1 Å². The van der Waals surface area contributed by atoms with Gasteiger partial charge in [-0.05, 0) is 38.0 Å². The van der Waals surface area contributed by atoms with Crippen molar-refractivity contribution in [2.24, 2.45) is 11.8 Å². The Morgan fingerprint density at radius 3 is 1.62 bits per heavy atom. The average Bonchev–Trinajstić information content (AvgIpc) is 2.86. The summed E-state index contributed by atoms with van der Waals surface area (Å²) in [7, 11) is 0. The van der Waals surface area contributed by atoms with Crippen LogP contribution in [0.15, 0.2) is 0 Å². The lowest BCUT2D eigenvalue weighted by atomic mass is 9.76. The average molecular weight is 415 g/mol. The largest absolute Gasteiger partial charge is 0.479 e. The van der Waals surface area contributed by atoms with Crippen LogP contribution in [0.4, 0.5) is 0 Å². The first-order valence-electron chi connectivity index (χ1n) is 11.4. The van der Waals surface area contributed by atoms with E-state index in [0.29, 0.717) is 31.1 Å². The topological polar surface area (TPSA) is 93.1 Å². The number of carbonyl (C=O) groups is 2. The van der Waals surface area contributed by atoms with Gasteiger partial charge in [-0.3, -0.25) is 0 Å². The van der Waals surface area contributed by atoms with Crippen LogP contribution < -0.4 is 0 Å². The maximum absolute atomic E-state index is 12.3. The van der Waals surface area contributed by atoms with Gasteiger partial charge in [-0.1, -0.05) is 73.1 Å². The van der Waals surface area contributed by atoms with Crippen molar-refractivity contribution in [2.75, 3.05) is 0 Å². The van der Waals surface area contributed by atoms with E-state index in [4.69, 9.17) is 9.47 Å². The summed E-state index contributed by atoms with van der Waals surface area (Å²) in [6.07, 6.45) is 7.09. The van der Waals surface area contributed by atoms with Gasteiger partial charge in [0.25, 0.3) is 0 Å². The molecule has 3 atom stereocenters. The zero-order valence-corrected chi connectivity index (χ0v) is 19.3. The van der Waals surface area contributed by atoms with Crippen LogP contribution in [0.25, 0.3) is 0 Å². The maximum Gasteiger partial charge on any atom is 0.339 e. The molecule has 1 aliphatic heterocycles. The number of ether oxygens (including phenoxy) is 2. The molecule has 170 valence electrons. The Morgan fingerprint density at radius 1 is 0.793 bits per heavy atom. The van der Waals surface area contributed by atoms with E-state index in [-0.39, 0.29) is 12.8 Å². The fraction of sp³-hybridized carbons (Fsp3) is 0.913. The lowest BCUT2D eigenvalue weighted by molar-refractivity contribution is -0.200. The molecule has 0 radical (unpaired) electrons. The van der Waals surface area contributed by atoms with Crippen LogP contribution in [0.1, 0.15) is 106 Å². The lowest BCUT2D eigenvalue weighted by Crippen LogP contribution is -2.61. The minimum absolute atomic E-state index is 0.107. The number of carboxylic acid groups (broad SMARTS) is 2. The van der Waals surface area contributed by atoms with Gasteiger partial charge in [0.2, 0.25) is 11.2 Å². The fourth-order valence-corrected chi connectivity index (χ4v) is 4.67. The second-order valence-corrected chi connectivity index (χ2v) is 9.42. The Labute approximate surface area is 176 Å². The van der Waals surface area contributed by atoms with Gasteiger partial charge in [-0.15, -0.1) is 0 Å². The molecule has 1 fully saturated rings. The fourth-order valence-electron chi connectivity index (χ4n) is 4.67. The number of carboxylic acids is 2. The smallest absolute Gasteiger partial charge is 0.339 e. The van der Waals surface area contributed by atoms with Gasteiger partial charge >= 0.3 is 11.9 Å². The molecule has 1 aliphatic rings. The van der Waals surface area contributed by atoms with Crippen LogP contribution in [0.2, 0.25) is 0 Å². The first-order valence-corrected chi connectivity index (χ1v) is 11.4. The number of aliphatic carboxylic acids is 2. The zero-order valence-electron chi connectivity index (χ0n) is 19.3. The maximum atomic E-state index is 12.3. The highest BCUT2D eigenvalue weighted by molar-refractivity contribution is 5.92. The second-order valence-electron chi connectivity index (χ2n) is 9.42. The quantitative estimate of drug-likeness (QED) is 0.383. The highest BCUT2D eigenvalue weighted by Gasteiger charge is 2.72. The molecule has 0 aromatic heterocycles. The third kappa shape index (κ3) is 5.94. The van der Waals surface area contributed by atoms with Gasteiger partial charge in [0.05, 0.1) is 0 Å². The summed E-state index contributed by atoms with van der Waals surface area (Å²) in [4.78, 5) is 24.6. The molecule has 0 aromatic rings. The molecule has 2 N–H and O–H groups in total. The zero-order chi connectivity index (χ0) is 22.3. The molecular formula is C23H42O6. The first kappa shape index (κ1) is 25.9. The van der Waals surface area contributed by atoms with E-state index < -0.39 is 28.9 Å². The van der Waals surface area contributed by atoms with E-state index in [0.717, 1.165) is 12.8 Å². The second kappa shape index (κ2) is 10.8. The van der Waals surface area contributed by atoms with Crippen molar-refractivity contribution >= 4 is 11.9 Å². The molecule has 0 saturated carbocycles. The summed E-state index contributed by atoms with van der Waals surface area (Å²) in [6.45, 7) is 12.1. The molecule has 1 unspecified atom stereocenters. The summed E-state index contributed by atoms with van der Waals surface area (Å²) in [5.74, 6) is -2.43. The Morgan fingerprint density at radius 2 is 1.24 bits per heavy atom. The monoisotopic (exact) mass is 414 g/mol. The Bertz CT molecular complexity index is 513. The molecule has 6 heteroatoms. The first-order chi connectivity index (χ1) is 13.5. The molecule has 0 aromatic carbocycles. The van der Waals surface area contributed by atoms with Gasteiger partial charge in [-0.25, -0.2) is 9.59 Å². The van der Waals surface area contributed by atoms with Crippen LogP contribution in [0.5, 0.6) is 0 Å². The Kier molecular flexibility index (Phi) is 9.61. The van der Waals surface area contributed by atoms with Crippen molar-refractivity contribution in [3.8, 4) is 0 Å². The van der Waals surface area contributed by atoms with E-state index in [1.165, 1.54) is 19.3 Å². The Hall–Kier alpha value is -1.14. The summed E-state index contributed by atoms with van der Waals surface area (Å²) in [6, 6.07) is 0. The molecule has 0 bridgehead atoms. The van der Waals surface area contributed by atoms with Crippen molar-refractivity contribution in [1.82, 2.24) is 0 Å². The normalized spacial score (nSPS) is 27.3. The van der Waals surface area contributed by atoms with Gasteiger partial charge < -0.3 is 19.7 Å². The van der Waals surface area contributed by atoms with Crippen molar-refractivity contribution in [1.29, 1.82) is 0 Å². The summed E-state index contributed by atoms with van der Waals surface area (Å²) >= 11 is 0. The number of hydrogen-bond acceptors (Lipinski definition) is 4. The van der Waals surface area contributed by atoms with Crippen molar-refractivity contribution in [3.63, 3.8) is 0 Å². The van der Waals surface area contributed by atoms with E-state index >= 15 is 0 Å². The van der Waals surface area contributed by atoms with Crippen LogP contribution in [0, 0.1) is 11.8 Å². The molecule has 1 rings (SSSR count). The van der Waals surface area contributed by atoms with Crippen LogP contribution >= 0.6 is 0 Å². The van der Waals surface area contributed by atoms with Crippen molar-refractivity contribution in [3.05, 3.63) is 0 Å². The van der Waals surface area contributed by atoms with E-state index in [9.17, 15) is 19.8 Å². The number of hydrogen-bond donors (Lipinski definition) is 2. The standard InChI is InChI=1S/C23H42O6/c1-7-14-22(19(24)25)23(15-8-2,20(26)27)29-21(6,28-22)16-10-13-18(5)12-9-11-17(3)4/h17-18H,7-16H2,1-6H3,(H,24,25)(H,26,27)/t18?,22-,23-/m0/s1. The lowest BCUT2D eigenvalue weighted by Gasteiger charge is -2.36. The summed E-state index contributed by atoms with van der Waals surface area (Å²) in [5.41, 5.74) is -3.72. The Balaban J connectivity index is 2.91. The number of rotatable bonds is 14. The van der Waals surface area contributed by atoms with Crippen LogP contribution in [-0.2, 0) is 19.1 Å². The van der Waals surface area contributed by atoms with Gasteiger partial charge in [-0.2, -0.15) is 0 Å². The van der Waals surface area contributed by atoms with E-state index in [2.05, 4.69) is 20.8 Å². The molecular weight excluding hydrogens is 372 g/mol. The molecule has 1 heterocycles. The van der Waals surface area contributed by atoms with Gasteiger partial charge in [0.15, 0.2) is 5.79 Å². The van der Waals surface area contributed by atoms with E-state index in [1.807, 2.05) is 13.8 Å². The SMILES string of the molecule is CCC[C@@]1(C(=O)O)OC(C)(CCCC(C)CCCC(C)C)O[C@@]1(CCC)C(=O)O. The minimum atomic E-state index is -1.86. The third-order valence-corrected chi connectivity index (χ3v) is 6.13. The predicted molar refractivity (Wildman–Crippen MR) is 113 cm³/mol. The molecule has 0 amide bonds. The predicted octanol–water partition coefficient (Wildman–Crippen LogP) is 5.63. The third-order valence-electron chi connectivity index (χ3n) is 6.13. The van der Waals surface area contributed by atoms with Crippen LogP contribution in [0.3, 0.4) is 0 Å². The molecule has 1 saturated heterocycles. The molecule has 29 heavy (non-hydrogen) atoms. The van der Waals surface area contributed by atoms with Crippen molar-refractivity contribution < 1.29 is 29.3 Å². The molecule has 6 nitrogen and oxygen atoms in total. The highest BCUT2D eigenvalue weighted by Crippen LogP contribution is 2.51. The summed E-state index contributed by atoms with van der Waals surface area (Å²) in [5, 5.41) is 20.1. The van der Waals surface area contributed by atoms with Gasteiger partial charge in [0, 0.05) is 6.42 Å².